The lowest BCUT2D eigenvalue weighted by atomic mass is 9.89. The number of carbonyl (C=O) groups excluding carboxylic acids is 1. The van der Waals surface area contributed by atoms with Crippen molar-refractivity contribution in [2.45, 2.75) is 45.9 Å². The topological polar surface area (TPSA) is 29.5 Å². The van der Waals surface area contributed by atoms with Crippen LogP contribution in [0.2, 0.25) is 0 Å². The van der Waals surface area contributed by atoms with Crippen LogP contribution >= 0.6 is 0 Å². The summed E-state index contributed by atoms with van der Waals surface area (Å²) < 4.78 is 43.1. The van der Waals surface area contributed by atoms with Crippen molar-refractivity contribution in [1.29, 1.82) is 0 Å². The van der Waals surface area contributed by atoms with Gasteiger partial charge in [-0.25, -0.2) is 4.79 Å². The van der Waals surface area contributed by atoms with E-state index >= 15 is 0 Å². The van der Waals surface area contributed by atoms with Gasteiger partial charge in [0.25, 0.3) is 0 Å². The molecule has 138 valence electrons. The summed E-state index contributed by atoms with van der Waals surface area (Å²) in [6.45, 7) is 8.62. The van der Waals surface area contributed by atoms with E-state index in [1.165, 1.54) is 12.1 Å². The van der Waals surface area contributed by atoms with E-state index in [2.05, 4.69) is 0 Å². The Kier molecular flexibility index (Phi) is 5.21. The molecule has 1 amide bonds. The van der Waals surface area contributed by atoms with E-state index in [1.54, 1.807) is 11.0 Å². The standard InChI is InChI=1S/C19H24F3NO2/c1-17(2,3)25-16(24)23-12-11-18(4,13-23)10-9-14-5-7-15(8-6-14)19(20,21)22/h5-10H,11-13H2,1-4H3/b10-9+. The summed E-state index contributed by atoms with van der Waals surface area (Å²) in [5, 5.41) is 0. The number of alkyl halides is 3. The van der Waals surface area contributed by atoms with Crippen molar-refractivity contribution in [2.75, 3.05) is 13.1 Å². The van der Waals surface area contributed by atoms with E-state index in [0.29, 0.717) is 18.7 Å². The molecule has 1 fully saturated rings. The van der Waals surface area contributed by atoms with Gasteiger partial charge < -0.3 is 9.64 Å². The molecule has 1 heterocycles. The largest absolute Gasteiger partial charge is 0.444 e. The molecule has 1 aromatic rings. The van der Waals surface area contributed by atoms with Gasteiger partial charge in [0.15, 0.2) is 0 Å². The zero-order valence-corrected chi connectivity index (χ0v) is 15.0. The van der Waals surface area contributed by atoms with E-state index in [-0.39, 0.29) is 11.5 Å². The number of halogens is 3. The molecule has 0 bridgehead atoms. The van der Waals surface area contributed by atoms with E-state index < -0.39 is 17.3 Å². The number of amides is 1. The third-order valence-electron chi connectivity index (χ3n) is 4.07. The van der Waals surface area contributed by atoms with Crippen LogP contribution in [-0.4, -0.2) is 29.7 Å². The second-order valence-corrected chi connectivity index (χ2v) is 7.76. The molecule has 2 rings (SSSR count). The van der Waals surface area contributed by atoms with Crippen LogP contribution in [0.1, 0.15) is 45.2 Å². The van der Waals surface area contributed by atoms with Crippen LogP contribution in [0.3, 0.4) is 0 Å². The zero-order chi connectivity index (χ0) is 18.9. The van der Waals surface area contributed by atoms with Gasteiger partial charge in [-0.15, -0.1) is 0 Å². The molecule has 0 radical (unpaired) electrons. The molecule has 0 N–H and O–H groups in total. The lowest BCUT2D eigenvalue weighted by Gasteiger charge is -2.25. The average Bonchev–Trinajstić information content (AvgIpc) is 2.86. The Bertz CT molecular complexity index is 644. The maximum Gasteiger partial charge on any atom is 0.416 e. The van der Waals surface area contributed by atoms with Crippen molar-refractivity contribution in [3.63, 3.8) is 0 Å². The zero-order valence-electron chi connectivity index (χ0n) is 15.0. The molecular formula is C19H24F3NO2. The molecular weight excluding hydrogens is 331 g/mol. The average molecular weight is 355 g/mol. The van der Waals surface area contributed by atoms with Crippen LogP contribution in [0.25, 0.3) is 6.08 Å². The molecule has 1 saturated heterocycles. The Morgan fingerprint density at radius 3 is 2.32 bits per heavy atom. The molecule has 3 nitrogen and oxygen atoms in total. The Balaban J connectivity index is 2.00. The van der Waals surface area contributed by atoms with Gasteiger partial charge in [-0.2, -0.15) is 13.2 Å². The summed E-state index contributed by atoms with van der Waals surface area (Å²) in [6, 6.07) is 5.04. The molecule has 6 heteroatoms. The Morgan fingerprint density at radius 1 is 1.20 bits per heavy atom. The number of rotatable bonds is 2. The van der Waals surface area contributed by atoms with Crippen molar-refractivity contribution < 1.29 is 22.7 Å². The van der Waals surface area contributed by atoms with Crippen molar-refractivity contribution in [3.05, 3.63) is 41.5 Å². The lowest BCUT2D eigenvalue weighted by Crippen LogP contribution is -2.36. The maximum absolute atomic E-state index is 12.6. The number of nitrogens with zero attached hydrogens (tertiary/aromatic N) is 1. The van der Waals surface area contributed by atoms with Crippen LogP contribution in [0, 0.1) is 5.41 Å². The second-order valence-electron chi connectivity index (χ2n) is 7.76. The summed E-state index contributed by atoms with van der Waals surface area (Å²) in [5.41, 5.74) is -0.719. The monoisotopic (exact) mass is 355 g/mol. The predicted octanol–water partition coefficient (Wildman–Crippen LogP) is 5.37. The van der Waals surface area contributed by atoms with E-state index in [0.717, 1.165) is 18.6 Å². The normalized spacial score (nSPS) is 21.8. The summed E-state index contributed by atoms with van der Waals surface area (Å²) in [7, 11) is 0. The highest BCUT2D eigenvalue weighted by Gasteiger charge is 2.36. The van der Waals surface area contributed by atoms with Crippen LogP contribution < -0.4 is 0 Å². The maximum atomic E-state index is 12.6. The summed E-state index contributed by atoms with van der Waals surface area (Å²) >= 11 is 0. The second kappa shape index (κ2) is 6.73. The van der Waals surface area contributed by atoms with Crippen LogP contribution in [0.4, 0.5) is 18.0 Å². The van der Waals surface area contributed by atoms with Gasteiger partial charge in [0.05, 0.1) is 5.56 Å². The van der Waals surface area contributed by atoms with Crippen LogP contribution in [0.5, 0.6) is 0 Å². The molecule has 0 aliphatic carbocycles. The van der Waals surface area contributed by atoms with Crippen LogP contribution in [0.15, 0.2) is 30.3 Å². The Morgan fingerprint density at radius 2 is 1.80 bits per heavy atom. The Labute approximate surface area is 146 Å². The first kappa shape index (κ1) is 19.3. The molecule has 1 atom stereocenters. The van der Waals surface area contributed by atoms with Gasteiger partial charge in [0, 0.05) is 18.5 Å². The van der Waals surface area contributed by atoms with E-state index in [9.17, 15) is 18.0 Å². The third kappa shape index (κ3) is 5.51. The first-order valence-electron chi connectivity index (χ1n) is 8.22. The highest BCUT2D eigenvalue weighted by Crippen LogP contribution is 2.33. The number of benzene rings is 1. The molecule has 0 spiro atoms. The molecule has 1 unspecified atom stereocenters. The van der Waals surface area contributed by atoms with Crippen LogP contribution in [-0.2, 0) is 10.9 Å². The predicted molar refractivity (Wildman–Crippen MR) is 91.0 cm³/mol. The fourth-order valence-corrected chi connectivity index (χ4v) is 2.68. The molecule has 1 aliphatic rings. The molecule has 25 heavy (non-hydrogen) atoms. The van der Waals surface area contributed by atoms with Gasteiger partial charge in [-0.1, -0.05) is 31.2 Å². The smallest absolute Gasteiger partial charge is 0.416 e. The first-order chi connectivity index (χ1) is 11.4. The fourth-order valence-electron chi connectivity index (χ4n) is 2.68. The SMILES string of the molecule is CC1(/C=C/c2ccc(C(F)(F)F)cc2)CCN(C(=O)OC(C)(C)C)C1. The highest BCUT2D eigenvalue weighted by atomic mass is 19.4. The van der Waals surface area contributed by atoms with Crippen molar-refractivity contribution >= 4 is 12.2 Å². The summed E-state index contributed by atoms with van der Waals surface area (Å²) in [6.07, 6.45) is -0.116. The van der Waals surface area contributed by atoms with Gasteiger partial charge in [0.1, 0.15) is 5.60 Å². The minimum absolute atomic E-state index is 0.223. The number of ether oxygens (including phenoxy) is 1. The third-order valence-corrected chi connectivity index (χ3v) is 4.07. The van der Waals surface area contributed by atoms with Crippen molar-refractivity contribution in [2.24, 2.45) is 5.41 Å². The quantitative estimate of drug-likeness (QED) is 0.714. The van der Waals surface area contributed by atoms with Gasteiger partial charge in [0.2, 0.25) is 0 Å². The Hall–Kier alpha value is -1.98. The number of carbonyl (C=O) groups is 1. The molecule has 1 aliphatic heterocycles. The van der Waals surface area contributed by atoms with Gasteiger partial charge >= 0.3 is 12.3 Å². The molecule has 1 aromatic carbocycles. The first-order valence-corrected chi connectivity index (χ1v) is 8.22. The number of likely N-dealkylation sites (tertiary alicyclic amines) is 1. The fraction of sp³-hybridized carbons (Fsp3) is 0.526. The van der Waals surface area contributed by atoms with E-state index in [1.807, 2.05) is 33.8 Å². The summed E-state index contributed by atoms with van der Waals surface area (Å²) in [4.78, 5) is 13.8. The van der Waals surface area contributed by atoms with Crippen molar-refractivity contribution in [1.82, 2.24) is 4.90 Å². The van der Waals surface area contributed by atoms with Gasteiger partial charge in [-0.05, 0) is 44.9 Å². The molecule has 0 saturated carbocycles. The van der Waals surface area contributed by atoms with E-state index in [4.69, 9.17) is 4.74 Å². The summed E-state index contributed by atoms with van der Waals surface area (Å²) in [5.74, 6) is 0. The van der Waals surface area contributed by atoms with Crippen molar-refractivity contribution in [3.8, 4) is 0 Å². The number of hydrogen-bond acceptors (Lipinski definition) is 2. The highest BCUT2D eigenvalue weighted by molar-refractivity contribution is 5.68. The number of hydrogen-bond donors (Lipinski definition) is 0. The minimum Gasteiger partial charge on any atom is -0.444 e. The lowest BCUT2D eigenvalue weighted by molar-refractivity contribution is -0.137. The van der Waals surface area contributed by atoms with Gasteiger partial charge in [-0.3, -0.25) is 0 Å². The molecule has 0 aromatic heterocycles. The minimum atomic E-state index is -4.33.